The first-order valence-electron chi connectivity index (χ1n) is 9.30. The highest BCUT2D eigenvalue weighted by Crippen LogP contribution is 2.25. The van der Waals surface area contributed by atoms with Gasteiger partial charge in [-0.15, -0.1) is 0 Å². The molecule has 2 heterocycles. The van der Waals surface area contributed by atoms with Crippen LogP contribution in [0.5, 0.6) is 0 Å². The zero-order chi connectivity index (χ0) is 20.4. The van der Waals surface area contributed by atoms with E-state index in [1.165, 1.54) is 40.2 Å². The molecule has 0 bridgehead atoms. The number of nitro groups is 1. The number of non-ortho nitro benzene ring substituents is 1. The minimum Gasteiger partial charge on any atom is -0.361 e. The van der Waals surface area contributed by atoms with Gasteiger partial charge in [-0.2, -0.15) is 10.1 Å². The number of benzene rings is 2. The Morgan fingerprint density at radius 3 is 2.76 bits per heavy atom. The van der Waals surface area contributed by atoms with Crippen LogP contribution in [0.4, 0.5) is 11.4 Å². The molecule has 0 aliphatic carbocycles. The number of fused-ring (bicyclic) bond motifs is 1. The Morgan fingerprint density at radius 1 is 1.24 bits per heavy atom. The predicted molar refractivity (Wildman–Crippen MR) is 111 cm³/mol. The van der Waals surface area contributed by atoms with E-state index in [2.05, 4.69) is 21.1 Å². The third-order valence-electron chi connectivity index (χ3n) is 4.99. The number of para-hydroxylation sites is 1. The van der Waals surface area contributed by atoms with E-state index < -0.39 is 10.8 Å². The summed E-state index contributed by atoms with van der Waals surface area (Å²) in [5.74, 6) is -0.649. The first kappa shape index (κ1) is 18.5. The van der Waals surface area contributed by atoms with Crippen molar-refractivity contribution in [1.82, 2.24) is 4.98 Å². The molecule has 0 radical (unpaired) electrons. The largest absolute Gasteiger partial charge is 0.361 e. The van der Waals surface area contributed by atoms with Gasteiger partial charge in [-0.3, -0.25) is 19.9 Å². The van der Waals surface area contributed by atoms with Crippen LogP contribution in [-0.2, 0) is 11.2 Å². The van der Waals surface area contributed by atoms with Gasteiger partial charge in [-0.1, -0.05) is 18.2 Å². The highest BCUT2D eigenvalue weighted by Gasteiger charge is 2.35. The van der Waals surface area contributed by atoms with Gasteiger partial charge in [0, 0.05) is 35.7 Å². The molecule has 29 heavy (non-hydrogen) atoms. The van der Waals surface area contributed by atoms with Crippen LogP contribution in [0, 0.1) is 16.0 Å². The maximum absolute atomic E-state index is 12.7. The van der Waals surface area contributed by atoms with Crippen molar-refractivity contribution < 1.29 is 14.7 Å². The Labute approximate surface area is 166 Å². The van der Waals surface area contributed by atoms with E-state index in [1.54, 1.807) is 13.1 Å². The van der Waals surface area contributed by atoms with Crippen LogP contribution >= 0.6 is 0 Å². The van der Waals surface area contributed by atoms with Crippen LogP contribution in [0.3, 0.4) is 0 Å². The molecule has 0 unspecified atom stereocenters. The number of nitrogens with one attached hydrogen (secondary N) is 2. The van der Waals surface area contributed by atoms with Crippen LogP contribution in [0.2, 0.25) is 0 Å². The molecule has 3 aromatic rings. The SMILES string of the molecule is CC1=NN(c2ccc([N+](=O)[O-])cc2)C(=O)[C@@H]1C=[NH+]CCc1c[nH]c2ccccc12. The Bertz CT molecular complexity index is 1130. The second-order valence-electron chi connectivity index (χ2n) is 6.87. The third-order valence-corrected chi connectivity index (χ3v) is 4.99. The molecule has 8 nitrogen and oxygen atoms in total. The maximum atomic E-state index is 12.7. The molecule has 1 aliphatic rings. The van der Waals surface area contributed by atoms with E-state index in [9.17, 15) is 14.9 Å². The van der Waals surface area contributed by atoms with Crippen molar-refractivity contribution in [3.8, 4) is 0 Å². The number of carbonyl (C=O) groups excluding carboxylic acids is 1. The molecule has 0 spiro atoms. The Balaban J connectivity index is 1.41. The number of hydrazone groups is 1. The number of carbonyl (C=O) groups is 1. The van der Waals surface area contributed by atoms with Gasteiger partial charge < -0.3 is 4.98 Å². The molecule has 2 aromatic carbocycles. The predicted octanol–water partition coefficient (Wildman–Crippen LogP) is 1.81. The van der Waals surface area contributed by atoms with E-state index >= 15 is 0 Å². The fourth-order valence-corrected chi connectivity index (χ4v) is 3.42. The number of hydrogen-bond acceptors (Lipinski definition) is 4. The summed E-state index contributed by atoms with van der Waals surface area (Å²) in [6.45, 7) is 2.49. The Hall–Kier alpha value is -3.81. The van der Waals surface area contributed by atoms with E-state index in [0.29, 0.717) is 17.9 Å². The van der Waals surface area contributed by atoms with E-state index in [1.807, 2.05) is 24.4 Å². The van der Waals surface area contributed by atoms with Gasteiger partial charge in [0.15, 0.2) is 12.1 Å². The van der Waals surface area contributed by atoms with Crippen LogP contribution in [0.25, 0.3) is 10.9 Å². The third kappa shape index (κ3) is 3.64. The number of nitrogens with zero attached hydrogens (tertiary/aromatic N) is 3. The van der Waals surface area contributed by atoms with Gasteiger partial charge >= 0.3 is 0 Å². The van der Waals surface area contributed by atoms with Crippen LogP contribution in [0.1, 0.15) is 12.5 Å². The number of aromatic nitrogens is 1. The lowest BCUT2D eigenvalue weighted by Gasteiger charge is -2.11. The fourth-order valence-electron chi connectivity index (χ4n) is 3.42. The van der Waals surface area contributed by atoms with Gasteiger partial charge in [0.05, 0.1) is 16.3 Å². The first-order chi connectivity index (χ1) is 14.0. The lowest BCUT2D eigenvalue weighted by atomic mass is 10.1. The lowest BCUT2D eigenvalue weighted by molar-refractivity contribution is -0.452. The molecule has 0 saturated heterocycles. The molecule has 1 atom stereocenters. The van der Waals surface area contributed by atoms with Crippen molar-refractivity contribution >= 4 is 40.1 Å². The molecule has 0 saturated carbocycles. The number of aromatic amines is 1. The van der Waals surface area contributed by atoms with Gasteiger partial charge in [-0.25, -0.2) is 0 Å². The molecular formula is C21H20N5O3+. The van der Waals surface area contributed by atoms with E-state index in [0.717, 1.165) is 11.9 Å². The van der Waals surface area contributed by atoms with Gasteiger partial charge in [0.25, 0.3) is 11.6 Å². The summed E-state index contributed by atoms with van der Waals surface area (Å²) in [5, 5.41) is 17.6. The van der Waals surface area contributed by atoms with Crippen molar-refractivity contribution in [2.75, 3.05) is 11.6 Å². The molecule has 1 amide bonds. The van der Waals surface area contributed by atoms with E-state index in [4.69, 9.17) is 0 Å². The normalized spacial score (nSPS) is 16.7. The minimum absolute atomic E-state index is 0.0249. The summed E-state index contributed by atoms with van der Waals surface area (Å²) >= 11 is 0. The summed E-state index contributed by atoms with van der Waals surface area (Å²) in [7, 11) is 0. The highest BCUT2D eigenvalue weighted by atomic mass is 16.6. The highest BCUT2D eigenvalue weighted by molar-refractivity contribution is 6.22. The number of nitro benzene ring substituents is 1. The second kappa shape index (κ2) is 7.67. The van der Waals surface area contributed by atoms with Crippen LogP contribution in [0.15, 0.2) is 59.8 Å². The summed E-state index contributed by atoms with van der Waals surface area (Å²) in [5.41, 5.74) is 3.49. The number of anilines is 1. The minimum atomic E-state index is -0.474. The smallest absolute Gasteiger partial charge is 0.269 e. The summed E-state index contributed by atoms with van der Waals surface area (Å²) in [6.07, 6.45) is 4.60. The van der Waals surface area contributed by atoms with Crippen molar-refractivity contribution in [1.29, 1.82) is 0 Å². The molecule has 1 aliphatic heterocycles. The molecular weight excluding hydrogens is 370 g/mol. The van der Waals surface area contributed by atoms with Gasteiger partial charge in [0.1, 0.15) is 6.54 Å². The molecule has 4 rings (SSSR count). The van der Waals surface area contributed by atoms with Crippen molar-refractivity contribution in [3.63, 3.8) is 0 Å². The lowest BCUT2D eigenvalue weighted by Crippen LogP contribution is -2.71. The average Bonchev–Trinajstić information content (AvgIpc) is 3.26. The molecule has 146 valence electrons. The average molecular weight is 390 g/mol. The quantitative estimate of drug-likeness (QED) is 0.381. The zero-order valence-corrected chi connectivity index (χ0v) is 15.8. The van der Waals surface area contributed by atoms with Crippen molar-refractivity contribution in [2.24, 2.45) is 11.0 Å². The fraction of sp³-hybridized carbons (Fsp3) is 0.190. The van der Waals surface area contributed by atoms with Crippen molar-refractivity contribution in [3.05, 3.63) is 70.4 Å². The van der Waals surface area contributed by atoms with E-state index in [-0.39, 0.29) is 11.6 Å². The molecule has 2 N–H and O–H groups in total. The summed E-state index contributed by atoms with van der Waals surface area (Å²) in [6, 6.07) is 13.9. The van der Waals surface area contributed by atoms with Crippen LogP contribution < -0.4 is 10.0 Å². The number of amides is 1. The second-order valence-corrected chi connectivity index (χ2v) is 6.87. The molecule has 0 fully saturated rings. The summed E-state index contributed by atoms with van der Waals surface area (Å²) in [4.78, 5) is 29.5. The van der Waals surface area contributed by atoms with Crippen molar-refractivity contribution in [2.45, 2.75) is 13.3 Å². The van der Waals surface area contributed by atoms with Gasteiger partial charge in [-0.05, 0) is 30.7 Å². The Morgan fingerprint density at radius 2 is 2.00 bits per heavy atom. The number of H-pyrrole nitrogens is 1. The number of rotatable bonds is 6. The zero-order valence-electron chi connectivity index (χ0n) is 15.8. The van der Waals surface area contributed by atoms with Crippen LogP contribution in [-0.4, -0.2) is 34.3 Å². The monoisotopic (exact) mass is 390 g/mol. The maximum Gasteiger partial charge on any atom is 0.269 e. The molecule has 1 aromatic heterocycles. The number of hydrogen-bond donors (Lipinski definition) is 2. The van der Waals surface area contributed by atoms with Gasteiger partial charge in [0.2, 0.25) is 0 Å². The first-order valence-corrected chi connectivity index (χ1v) is 9.30. The standard InChI is InChI=1S/C21H19N5O3/c1-14-19(13-22-11-10-15-12-23-20-5-3-2-4-18(15)20)21(27)25(24-14)16-6-8-17(9-7-16)26(28)29/h2-9,12-13,19,23H,10-11H2,1H3/p+1/t19-/m1/s1. The Kier molecular flexibility index (Phi) is 4.90. The summed E-state index contributed by atoms with van der Waals surface area (Å²) < 4.78 is 0. The topological polar surface area (TPSA) is 106 Å². The molecule has 8 heteroatoms.